The Hall–Kier alpha value is -2.63. The predicted octanol–water partition coefficient (Wildman–Crippen LogP) is 5.52. The van der Waals surface area contributed by atoms with Crippen LogP contribution >= 0.6 is 0 Å². The fourth-order valence-electron chi connectivity index (χ4n) is 4.97. The number of rotatable bonds is 5. The Labute approximate surface area is 204 Å². The standard InChI is InChI=1S/C28H40N4O2/c1-22(2)27-29-16-20-30(27)19-15-26(33)31-17-9-5-3-4-6-10-18-32(28(34)23-13-14-23)25-12-8-7-11-24(25)21-31/h7-8,11-12,16,20,22-23H,3-6,9-10,13-15,17-19,21H2,1-2H3. The lowest BCUT2D eigenvalue weighted by atomic mass is 10.1. The normalized spacial score (nSPS) is 18.1. The molecule has 0 bridgehead atoms. The van der Waals surface area contributed by atoms with Crippen molar-refractivity contribution in [3.8, 4) is 0 Å². The van der Waals surface area contributed by atoms with Crippen molar-refractivity contribution in [3.63, 3.8) is 0 Å². The average molecular weight is 465 g/mol. The minimum Gasteiger partial charge on any atom is -0.338 e. The van der Waals surface area contributed by atoms with Crippen LogP contribution in [0.2, 0.25) is 0 Å². The highest BCUT2D eigenvalue weighted by molar-refractivity contribution is 5.97. The van der Waals surface area contributed by atoms with E-state index in [1.165, 1.54) is 12.8 Å². The van der Waals surface area contributed by atoms with Crippen molar-refractivity contribution in [2.75, 3.05) is 18.0 Å². The van der Waals surface area contributed by atoms with Crippen LogP contribution in [0.15, 0.2) is 36.7 Å². The molecule has 2 heterocycles. The smallest absolute Gasteiger partial charge is 0.230 e. The summed E-state index contributed by atoms with van der Waals surface area (Å²) >= 11 is 0. The second-order valence-corrected chi connectivity index (χ2v) is 10.2. The van der Waals surface area contributed by atoms with Gasteiger partial charge in [0.1, 0.15) is 5.82 Å². The van der Waals surface area contributed by atoms with E-state index in [2.05, 4.69) is 35.5 Å². The van der Waals surface area contributed by atoms with Crippen molar-refractivity contribution in [2.45, 2.75) is 90.6 Å². The Morgan fingerprint density at radius 2 is 1.71 bits per heavy atom. The molecule has 1 aliphatic carbocycles. The molecule has 0 N–H and O–H groups in total. The molecule has 0 saturated heterocycles. The van der Waals surface area contributed by atoms with Crippen LogP contribution in [0.25, 0.3) is 0 Å². The number of amides is 2. The maximum Gasteiger partial charge on any atom is 0.230 e. The summed E-state index contributed by atoms with van der Waals surface area (Å²) in [5.41, 5.74) is 2.07. The quantitative estimate of drug-likeness (QED) is 0.585. The minimum absolute atomic E-state index is 0.174. The number of imidazole rings is 1. The fraction of sp³-hybridized carbons (Fsp3) is 0.607. The molecule has 1 aromatic heterocycles. The third-order valence-electron chi connectivity index (χ3n) is 7.08. The number of hydrogen-bond donors (Lipinski definition) is 0. The number of benzene rings is 1. The Kier molecular flexibility index (Phi) is 8.41. The van der Waals surface area contributed by atoms with Crippen LogP contribution in [0.1, 0.15) is 88.9 Å². The summed E-state index contributed by atoms with van der Waals surface area (Å²) in [6.45, 7) is 7.02. The van der Waals surface area contributed by atoms with Crippen molar-refractivity contribution < 1.29 is 9.59 Å². The van der Waals surface area contributed by atoms with E-state index >= 15 is 0 Å². The van der Waals surface area contributed by atoms with Gasteiger partial charge in [-0.25, -0.2) is 4.98 Å². The molecule has 34 heavy (non-hydrogen) atoms. The van der Waals surface area contributed by atoms with Gasteiger partial charge in [0.25, 0.3) is 0 Å². The van der Waals surface area contributed by atoms with Gasteiger partial charge in [-0.3, -0.25) is 9.59 Å². The van der Waals surface area contributed by atoms with Crippen LogP contribution in [0.4, 0.5) is 5.69 Å². The van der Waals surface area contributed by atoms with Crippen LogP contribution in [-0.4, -0.2) is 39.4 Å². The molecule has 0 radical (unpaired) electrons. The first-order valence-electron chi connectivity index (χ1n) is 13.2. The van der Waals surface area contributed by atoms with E-state index in [0.717, 1.165) is 68.7 Å². The van der Waals surface area contributed by atoms with Crippen LogP contribution in [0, 0.1) is 5.92 Å². The third kappa shape index (κ3) is 6.28. The largest absolute Gasteiger partial charge is 0.338 e. The molecule has 6 heteroatoms. The molecule has 2 aromatic rings. The molecule has 4 rings (SSSR count). The highest BCUT2D eigenvalue weighted by Gasteiger charge is 2.34. The Morgan fingerprint density at radius 3 is 2.44 bits per heavy atom. The van der Waals surface area contributed by atoms with Crippen molar-refractivity contribution in [1.82, 2.24) is 14.5 Å². The molecule has 0 spiro atoms. The van der Waals surface area contributed by atoms with Crippen LogP contribution in [0.5, 0.6) is 0 Å². The van der Waals surface area contributed by atoms with Gasteiger partial charge >= 0.3 is 0 Å². The molecule has 1 aromatic carbocycles. The van der Waals surface area contributed by atoms with Gasteiger partial charge in [0.15, 0.2) is 0 Å². The number of aromatic nitrogens is 2. The molecular weight excluding hydrogens is 424 g/mol. The van der Waals surface area contributed by atoms with Gasteiger partial charge in [-0.1, -0.05) is 57.7 Å². The molecule has 0 unspecified atom stereocenters. The van der Waals surface area contributed by atoms with Gasteiger partial charge in [-0.2, -0.15) is 0 Å². The van der Waals surface area contributed by atoms with Gasteiger partial charge in [0.2, 0.25) is 11.8 Å². The van der Waals surface area contributed by atoms with Gasteiger partial charge in [0, 0.05) is 62.5 Å². The molecule has 2 aliphatic rings. The molecule has 1 aliphatic heterocycles. The van der Waals surface area contributed by atoms with Gasteiger partial charge in [0.05, 0.1) is 0 Å². The number of fused-ring (bicyclic) bond motifs is 1. The lowest BCUT2D eigenvalue weighted by Gasteiger charge is -2.29. The summed E-state index contributed by atoms with van der Waals surface area (Å²) in [7, 11) is 0. The van der Waals surface area contributed by atoms with Gasteiger partial charge in [-0.05, 0) is 37.3 Å². The number of carbonyl (C=O) groups excluding carboxylic acids is 2. The van der Waals surface area contributed by atoms with Crippen molar-refractivity contribution >= 4 is 17.5 Å². The highest BCUT2D eigenvalue weighted by atomic mass is 16.2. The number of para-hydroxylation sites is 1. The van der Waals surface area contributed by atoms with Crippen molar-refractivity contribution in [1.29, 1.82) is 0 Å². The second-order valence-electron chi connectivity index (χ2n) is 10.2. The molecule has 1 fully saturated rings. The van der Waals surface area contributed by atoms with E-state index < -0.39 is 0 Å². The van der Waals surface area contributed by atoms with E-state index in [9.17, 15) is 9.59 Å². The monoisotopic (exact) mass is 464 g/mol. The summed E-state index contributed by atoms with van der Waals surface area (Å²) in [5.74, 6) is 1.98. The van der Waals surface area contributed by atoms with Crippen LogP contribution in [0.3, 0.4) is 0 Å². The van der Waals surface area contributed by atoms with Crippen LogP contribution < -0.4 is 4.90 Å². The maximum atomic E-state index is 13.4. The number of anilines is 1. The summed E-state index contributed by atoms with van der Waals surface area (Å²) in [6.07, 6.45) is 13.0. The predicted molar refractivity (Wildman–Crippen MR) is 136 cm³/mol. The summed E-state index contributed by atoms with van der Waals surface area (Å²) in [5, 5.41) is 0. The summed E-state index contributed by atoms with van der Waals surface area (Å²) < 4.78 is 2.10. The molecule has 0 atom stereocenters. The fourth-order valence-corrected chi connectivity index (χ4v) is 4.97. The van der Waals surface area contributed by atoms with Crippen molar-refractivity contribution in [2.24, 2.45) is 5.92 Å². The second kappa shape index (κ2) is 11.7. The van der Waals surface area contributed by atoms with Crippen molar-refractivity contribution in [3.05, 3.63) is 48.0 Å². The maximum absolute atomic E-state index is 13.4. The summed E-state index contributed by atoms with van der Waals surface area (Å²) in [4.78, 5) is 35.1. The first-order valence-corrected chi connectivity index (χ1v) is 13.2. The van der Waals surface area contributed by atoms with E-state index in [1.807, 2.05) is 34.3 Å². The number of hydrogen-bond acceptors (Lipinski definition) is 3. The lowest BCUT2D eigenvalue weighted by molar-refractivity contribution is -0.132. The number of nitrogens with zero attached hydrogens (tertiary/aromatic N) is 4. The average Bonchev–Trinajstić information content (AvgIpc) is 3.57. The molecular formula is C28H40N4O2. The zero-order valence-corrected chi connectivity index (χ0v) is 20.9. The van der Waals surface area contributed by atoms with Gasteiger partial charge in [-0.15, -0.1) is 0 Å². The zero-order valence-electron chi connectivity index (χ0n) is 20.9. The van der Waals surface area contributed by atoms with E-state index in [-0.39, 0.29) is 17.7 Å². The SMILES string of the molecule is CC(C)c1nccn1CCC(=O)N1CCCCCCCCN(C(=O)C2CC2)c2ccccc2C1. The third-order valence-corrected chi connectivity index (χ3v) is 7.08. The lowest BCUT2D eigenvalue weighted by Crippen LogP contribution is -2.36. The van der Waals surface area contributed by atoms with E-state index in [1.54, 1.807) is 0 Å². The first-order chi connectivity index (χ1) is 16.5. The van der Waals surface area contributed by atoms with Crippen LogP contribution in [-0.2, 0) is 22.7 Å². The van der Waals surface area contributed by atoms with Gasteiger partial charge < -0.3 is 14.4 Å². The Morgan fingerprint density at radius 1 is 1.00 bits per heavy atom. The van der Waals surface area contributed by atoms with E-state index in [0.29, 0.717) is 25.4 Å². The summed E-state index contributed by atoms with van der Waals surface area (Å²) in [6, 6.07) is 8.20. The molecule has 1 saturated carbocycles. The van der Waals surface area contributed by atoms with E-state index in [4.69, 9.17) is 0 Å². The Balaban J connectivity index is 1.53. The zero-order chi connectivity index (χ0) is 23.9. The Bertz CT molecular complexity index is 963. The molecule has 6 nitrogen and oxygen atoms in total. The highest BCUT2D eigenvalue weighted by Crippen LogP contribution is 2.34. The molecule has 184 valence electrons. The topological polar surface area (TPSA) is 58.4 Å². The number of carbonyl (C=O) groups is 2. The molecule has 2 amide bonds. The number of aryl methyl sites for hydroxylation is 1. The first kappa shape index (κ1) is 24.5. The minimum atomic E-state index is 0.174.